The minimum Gasteiger partial charge on any atom is -0.338 e. The zero-order valence-corrected chi connectivity index (χ0v) is 14.3. The molecule has 1 aromatic rings. The molecule has 9 nitrogen and oxygen atoms in total. The van der Waals surface area contributed by atoms with E-state index in [1.807, 2.05) is 13.8 Å². The Morgan fingerprint density at radius 2 is 1.83 bits per heavy atom. The van der Waals surface area contributed by atoms with Gasteiger partial charge in [0.05, 0.1) is 6.04 Å². The fourth-order valence-corrected chi connectivity index (χ4v) is 2.38. The van der Waals surface area contributed by atoms with E-state index in [2.05, 4.69) is 15.5 Å². The summed E-state index contributed by atoms with van der Waals surface area (Å²) in [6.45, 7) is 6.18. The maximum atomic E-state index is 12.3. The van der Waals surface area contributed by atoms with Crippen LogP contribution in [0.2, 0.25) is 0 Å². The molecule has 0 aliphatic carbocycles. The zero-order chi connectivity index (χ0) is 16.1. The number of rotatable bonds is 5. The van der Waals surface area contributed by atoms with Crippen molar-refractivity contribution < 1.29 is 9.59 Å². The number of hydrogen-bond donors (Lipinski definition) is 1. The second kappa shape index (κ2) is 8.78. The van der Waals surface area contributed by atoms with Crippen LogP contribution in [0, 0.1) is 5.92 Å². The number of aromatic nitrogens is 4. The molecule has 2 unspecified atom stereocenters. The van der Waals surface area contributed by atoms with Gasteiger partial charge in [0.1, 0.15) is 12.9 Å². The van der Waals surface area contributed by atoms with Crippen LogP contribution < -0.4 is 5.73 Å². The van der Waals surface area contributed by atoms with Crippen molar-refractivity contribution >= 4 is 24.2 Å². The molecule has 0 spiro atoms. The molecule has 10 heteroatoms. The Morgan fingerprint density at radius 3 is 2.35 bits per heavy atom. The number of halogens is 1. The third kappa shape index (κ3) is 4.87. The summed E-state index contributed by atoms with van der Waals surface area (Å²) in [5.41, 5.74) is 5.99. The number of tetrazole rings is 1. The highest BCUT2D eigenvalue weighted by Gasteiger charge is 2.29. The molecular weight excluding hydrogens is 322 g/mol. The number of nitrogens with zero attached hydrogens (tertiary/aromatic N) is 6. The zero-order valence-electron chi connectivity index (χ0n) is 13.5. The average molecular weight is 346 g/mol. The highest BCUT2D eigenvalue weighted by atomic mass is 35.5. The maximum absolute atomic E-state index is 12.3. The van der Waals surface area contributed by atoms with E-state index in [9.17, 15) is 9.59 Å². The molecule has 1 aromatic heterocycles. The number of nitrogens with two attached hydrogens (primary N) is 1. The van der Waals surface area contributed by atoms with Gasteiger partial charge in [-0.25, -0.2) is 4.68 Å². The van der Waals surface area contributed by atoms with E-state index in [0.29, 0.717) is 26.2 Å². The molecule has 1 saturated heterocycles. The Morgan fingerprint density at radius 1 is 1.22 bits per heavy atom. The van der Waals surface area contributed by atoms with Crippen molar-refractivity contribution in [3.05, 3.63) is 6.33 Å². The highest BCUT2D eigenvalue weighted by Crippen LogP contribution is 2.11. The van der Waals surface area contributed by atoms with Gasteiger partial charge < -0.3 is 15.5 Å². The molecule has 130 valence electrons. The molecular formula is C13H24ClN7O2. The summed E-state index contributed by atoms with van der Waals surface area (Å²) in [6, 6.07) is -0.464. The average Bonchev–Trinajstić information content (AvgIpc) is 3.05. The van der Waals surface area contributed by atoms with E-state index in [0.717, 1.165) is 6.42 Å². The van der Waals surface area contributed by atoms with Crippen molar-refractivity contribution in [1.29, 1.82) is 0 Å². The van der Waals surface area contributed by atoms with Crippen molar-refractivity contribution in [1.82, 2.24) is 30.0 Å². The second-order valence-corrected chi connectivity index (χ2v) is 5.62. The molecule has 0 radical (unpaired) electrons. The first-order chi connectivity index (χ1) is 10.5. The summed E-state index contributed by atoms with van der Waals surface area (Å²) in [5.74, 6) is 0.0829. The predicted octanol–water partition coefficient (Wildman–Crippen LogP) is -0.861. The van der Waals surface area contributed by atoms with Crippen LogP contribution in [-0.4, -0.2) is 74.0 Å². The van der Waals surface area contributed by atoms with Gasteiger partial charge in [-0.3, -0.25) is 9.59 Å². The first-order valence-electron chi connectivity index (χ1n) is 7.55. The molecule has 0 bridgehead atoms. The Hall–Kier alpha value is -1.74. The lowest BCUT2D eigenvalue weighted by atomic mass is 9.98. The normalized spacial score (nSPS) is 17.3. The summed E-state index contributed by atoms with van der Waals surface area (Å²) in [4.78, 5) is 27.9. The minimum atomic E-state index is -0.464. The van der Waals surface area contributed by atoms with Gasteiger partial charge in [0.2, 0.25) is 11.8 Å². The summed E-state index contributed by atoms with van der Waals surface area (Å²) >= 11 is 0. The van der Waals surface area contributed by atoms with E-state index in [4.69, 9.17) is 5.73 Å². The van der Waals surface area contributed by atoms with Crippen LogP contribution in [0.4, 0.5) is 0 Å². The first-order valence-corrected chi connectivity index (χ1v) is 7.55. The van der Waals surface area contributed by atoms with Gasteiger partial charge in [0.25, 0.3) is 0 Å². The molecule has 2 N–H and O–H groups in total. The Kier molecular flexibility index (Phi) is 7.37. The van der Waals surface area contributed by atoms with Crippen LogP contribution in [-0.2, 0) is 16.1 Å². The first kappa shape index (κ1) is 19.3. The lowest BCUT2D eigenvalue weighted by molar-refractivity contribution is -0.141. The lowest BCUT2D eigenvalue weighted by Crippen LogP contribution is -2.55. The van der Waals surface area contributed by atoms with Crippen LogP contribution in [0.15, 0.2) is 6.33 Å². The Labute approximate surface area is 141 Å². The molecule has 1 aliphatic rings. The van der Waals surface area contributed by atoms with Gasteiger partial charge >= 0.3 is 0 Å². The molecule has 2 amide bonds. The van der Waals surface area contributed by atoms with Gasteiger partial charge in [-0.2, -0.15) is 0 Å². The largest absolute Gasteiger partial charge is 0.338 e. The minimum absolute atomic E-state index is 0. The van der Waals surface area contributed by atoms with E-state index in [1.165, 1.54) is 11.0 Å². The third-order valence-electron chi connectivity index (χ3n) is 4.17. The number of amides is 2. The standard InChI is InChI=1S/C13H23N7O2.ClH/c1-3-10(2)12(14)13(22)19-6-4-18(5-7-19)11(21)8-20-9-15-16-17-20;/h9-10,12H,3-8,14H2,1-2H3;1H. The van der Waals surface area contributed by atoms with Crippen LogP contribution in [0.5, 0.6) is 0 Å². The van der Waals surface area contributed by atoms with Crippen molar-refractivity contribution in [2.75, 3.05) is 26.2 Å². The second-order valence-electron chi connectivity index (χ2n) is 5.62. The molecule has 0 aromatic carbocycles. The smallest absolute Gasteiger partial charge is 0.244 e. The van der Waals surface area contributed by atoms with Crippen molar-refractivity contribution in [2.45, 2.75) is 32.9 Å². The van der Waals surface area contributed by atoms with Gasteiger partial charge in [-0.05, 0) is 16.3 Å². The lowest BCUT2D eigenvalue weighted by Gasteiger charge is -2.36. The van der Waals surface area contributed by atoms with Gasteiger partial charge in [0.15, 0.2) is 0 Å². The summed E-state index contributed by atoms with van der Waals surface area (Å²) in [6.07, 6.45) is 2.28. The van der Waals surface area contributed by atoms with E-state index in [-0.39, 0.29) is 36.7 Å². The van der Waals surface area contributed by atoms with Crippen molar-refractivity contribution in [3.8, 4) is 0 Å². The van der Waals surface area contributed by atoms with E-state index < -0.39 is 6.04 Å². The van der Waals surface area contributed by atoms with Crippen LogP contribution in [0.3, 0.4) is 0 Å². The number of carbonyl (C=O) groups is 2. The van der Waals surface area contributed by atoms with E-state index in [1.54, 1.807) is 9.80 Å². The van der Waals surface area contributed by atoms with Crippen molar-refractivity contribution in [3.63, 3.8) is 0 Å². The highest BCUT2D eigenvalue weighted by molar-refractivity contribution is 5.85. The SMILES string of the molecule is CCC(C)C(N)C(=O)N1CCN(C(=O)Cn2cnnn2)CC1.Cl. The van der Waals surface area contributed by atoms with Crippen LogP contribution in [0.1, 0.15) is 20.3 Å². The topological polar surface area (TPSA) is 110 Å². The van der Waals surface area contributed by atoms with Gasteiger partial charge in [0, 0.05) is 26.2 Å². The monoisotopic (exact) mass is 345 g/mol. The number of piperazine rings is 1. The fraction of sp³-hybridized carbons (Fsp3) is 0.769. The van der Waals surface area contributed by atoms with Crippen LogP contribution >= 0.6 is 12.4 Å². The number of hydrogen-bond acceptors (Lipinski definition) is 6. The molecule has 1 aliphatic heterocycles. The maximum Gasteiger partial charge on any atom is 0.244 e. The van der Waals surface area contributed by atoms with E-state index >= 15 is 0 Å². The summed E-state index contributed by atoms with van der Waals surface area (Å²) in [5, 5.41) is 10.7. The summed E-state index contributed by atoms with van der Waals surface area (Å²) < 4.78 is 1.39. The van der Waals surface area contributed by atoms with Gasteiger partial charge in [-0.15, -0.1) is 17.5 Å². The van der Waals surface area contributed by atoms with Crippen LogP contribution in [0.25, 0.3) is 0 Å². The third-order valence-corrected chi connectivity index (χ3v) is 4.17. The molecule has 2 rings (SSSR count). The fourth-order valence-electron chi connectivity index (χ4n) is 2.38. The molecule has 23 heavy (non-hydrogen) atoms. The molecule has 1 fully saturated rings. The summed E-state index contributed by atoms with van der Waals surface area (Å²) in [7, 11) is 0. The predicted molar refractivity (Wildman–Crippen MR) is 85.7 cm³/mol. The van der Waals surface area contributed by atoms with Gasteiger partial charge in [-0.1, -0.05) is 20.3 Å². The quantitative estimate of drug-likeness (QED) is 0.743. The molecule has 2 atom stereocenters. The van der Waals surface area contributed by atoms with Crippen molar-refractivity contribution in [2.24, 2.45) is 11.7 Å². The Balaban J connectivity index is 0.00000264. The number of carbonyl (C=O) groups excluding carboxylic acids is 2. The Bertz CT molecular complexity index is 502. The molecule has 0 saturated carbocycles. The molecule has 2 heterocycles.